The Kier molecular flexibility index (Phi) is 3.62. The second-order valence-electron chi connectivity index (χ2n) is 4.43. The minimum absolute atomic E-state index is 0.359. The van der Waals surface area contributed by atoms with Crippen molar-refractivity contribution in [1.29, 1.82) is 0 Å². The molecule has 0 aromatic heterocycles. The van der Waals surface area contributed by atoms with Gasteiger partial charge in [0.2, 0.25) is 0 Å². The molecule has 0 amide bonds. The van der Waals surface area contributed by atoms with Gasteiger partial charge in [0.15, 0.2) is 5.79 Å². The van der Waals surface area contributed by atoms with Gasteiger partial charge < -0.3 is 9.47 Å². The molecule has 1 fully saturated rings. The monoisotopic (exact) mass is 220 g/mol. The van der Waals surface area contributed by atoms with Gasteiger partial charge >= 0.3 is 0 Å². The van der Waals surface area contributed by atoms with Crippen molar-refractivity contribution in [2.24, 2.45) is 0 Å². The smallest absolute Gasteiger partial charge is 0.174 e. The van der Waals surface area contributed by atoms with E-state index in [4.69, 9.17) is 9.47 Å². The zero-order valence-corrected chi connectivity index (χ0v) is 10.1. The number of methoxy groups -OCH3 is 2. The van der Waals surface area contributed by atoms with Gasteiger partial charge in [-0.15, -0.1) is 0 Å². The predicted molar refractivity (Wildman–Crippen MR) is 64.4 cm³/mol. The second kappa shape index (κ2) is 4.98. The van der Waals surface area contributed by atoms with Crippen molar-refractivity contribution in [3.8, 4) is 0 Å². The Bertz CT molecular complexity index is 317. The van der Waals surface area contributed by atoms with Crippen LogP contribution in [-0.4, -0.2) is 20.0 Å². The lowest BCUT2D eigenvalue weighted by Crippen LogP contribution is -2.42. The molecular weight excluding hydrogens is 200 g/mol. The van der Waals surface area contributed by atoms with Crippen LogP contribution in [0.25, 0.3) is 0 Å². The third-order valence-corrected chi connectivity index (χ3v) is 3.69. The molecular formula is C14H20O2. The molecule has 1 aromatic rings. The number of benzene rings is 1. The molecule has 2 nitrogen and oxygen atoms in total. The number of ether oxygens (including phenoxy) is 2. The van der Waals surface area contributed by atoms with Gasteiger partial charge in [-0.2, -0.15) is 0 Å². The summed E-state index contributed by atoms with van der Waals surface area (Å²) < 4.78 is 11.3. The maximum absolute atomic E-state index is 5.67. The largest absolute Gasteiger partial charge is 0.353 e. The molecule has 2 heteroatoms. The Morgan fingerprint density at radius 2 is 1.75 bits per heavy atom. The van der Waals surface area contributed by atoms with Crippen molar-refractivity contribution in [2.45, 2.75) is 37.4 Å². The lowest BCUT2D eigenvalue weighted by Gasteiger charge is -2.42. The quantitative estimate of drug-likeness (QED) is 0.727. The average Bonchev–Trinajstić information content (AvgIpc) is 2.39. The molecule has 0 bridgehead atoms. The van der Waals surface area contributed by atoms with E-state index in [2.05, 4.69) is 24.3 Å². The molecule has 1 saturated carbocycles. The van der Waals surface area contributed by atoms with Gasteiger partial charge in [-0.3, -0.25) is 0 Å². The zero-order valence-electron chi connectivity index (χ0n) is 10.1. The highest BCUT2D eigenvalue weighted by atomic mass is 16.7. The summed E-state index contributed by atoms with van der Waals surface area (Å²) in [7, 11) is 3.51. The van der Waals surface area contributed by atoms with E-state index >= 15 is 0 Å². The Morgan fingerprint density at radius 3 is 2.38 bits per heavy atom. The standard InChI is InChI=1S/C14H20O2/c1-15-14(16-2)11-7-6-10-13(14)12-8-4-3-5-9-12/h3-5,8-9,13H,6-7,10-11H2,1-2H3/t13-/m1/s1. The fourth-order valence-corrected chi connectivity index (χ4v) is 2.79. The van der Waals surface area contributed by atoms with Gasteiger partial charge in [0.25, 0.3) is 0 Å². The number of rotatable bonds is 3. The van der Waals surface area contributed by atoms with E-state index in [1.54, 1.807) is 14.2 Å². The minimum Gasteiger partial charge on any atom is -0.353 e. The molecule has 1 aromatic carbocycles. The topological polar surface area (TPSA) is 18.5 Å². The predicted octanol–water partition coefficient (Wildman–Crippen LogP) is 3.33. The summed E-state index contributed by atoms with van der Waals surface area (Å²) >= 11 is 0. The lowest BCUT2D eigenvalue weighted by molar-refractivity contribution is -0.235. The van der Waals surface area contributed by atoms with Crippen LogP contribution >= 0.6 is 0 Å². The van der Waals surface area contributed by atoms with Gasteiger partial charge in [-0.25, -0.2) is 0 Å². The van der Waals surface area contributed by atoms with Crippen LogP contribution in [0.5, 0.6) is 0 Å². The van der Waals surface area contributed by atoms with Crippen LogP contribution in [0.3, 0.4) is 0 Å². The first-order valence-corrected chi connectivity index (χ1v) is 5.97. The van der Waals surface area contributed by atoms with Gasteiger partial charge in [-0.05, 0) is 18.4 Å². The Balaban J connectivity index is 2.29. The Labute approximate surface area is 97.6 Å². The molecule has 0 heterocycles. The molecule has 16 heavy (non-hydrogen) atoms. The molecule has 0 aliphatic heterocycles. The van der Waals surface area contributed by atoms with E-state index in [-0.39, 0.29) is 0 Å². The Hall–Kier alpha value is -0.860. The van der Waals surface area contributed by atoms with Crippen LogP contribution < -0.4 is 0 Å². The van der Waals surface area contributed by atoms with Crippen LogP contribution in [0, 0.1) is 0 Å². The molecule has 0 N–H and O–H groups in total. The summed E-state index contributed by atoms with van der Waals surface area (Å²) in [6.07, 6.45) is 4.57. The highest BCUT2D eigenvalue weighted by Crippen LogP contribution is 2.43. The van der Waals surface area contributed by atoms with E-state index in [1.165, 1.54) is 18.4 Å². The summed E-state index contributed by atoms with van der Waals surface area (Å²) in [5, 5.41) is 0. The van der Waals surface area contributed by atoms with Gasteiger partial charge in [0, 0.05) is 26.6 Å². The summed E-state index contributed by atoms with van der Waals surface area (Å²) in [6.45, 7) is 0. The normalized spacial score (nSPS) is 24.2. The van der Waals surface area contributed by atoms with Crippen LogP contribution in [-0.2, 0) is 9.47 Å². The number of hydrogen-bond acceptors (Lipinski definition) is 2. The molecule has 0 radical (unpaired) electrons. The summed E-state index contributed by atoms with van der Waals surface area (Å²) in [5.41, 5.74) is 1.32. The zero-order chi connectivity index (χ0) is 11.4. The first-order chi connectivity index (χ1) is 7.82. The van der Waals surface area contributed by atoms with Crippen LogP contribution in [0.15, 0.2) is 30.3 Å². The molecule has 1 aliphatic rings. The van der Waals surface area contributed by atoms with Crippen molar-refractivity contribution in [2.75, 3.05) is 14.2 Å². The fraction of sp³-hybridized carbons (Fsp3) is 0.571. The van der Waals surface area contributed by atoms with E-state index in [0.717, 1.165) is 12.8 Å². The first-order valence-electron chi connectivity index (χ1n) is 5.97. The maximum Gasteiger partial charge on any atom is 0.174 e. The van der Waals surface area contributed by atoms with E-state index in [0.29, 0.717) is 5.92 Å². The van der Waals surface area contributed by atoms with Gasteiger partial charge in [-0.1, -0.05) is 36.8 Å². The minimum atomic E-state index is -0.417. The van der Waals surface area contributed by atoms with Crippen molar-refractivity contribution in [3.63, 3.8) is 0 Å². The van der Waals surface area contributed by atoms with E-state index in [9.17, 15) is 0 Å². The second-order valence-corrected chi connectivity index (χ2v) is 4.43. The first kappa shape index (κ1) is 11.6. The molecule has 0 unspecified atom stereocenters. The summed E-state index contributed by atoms with van der Waals surface area (Å²) in [5.74, 6) is -0.0583. The molecule has 1 atom stereocenters. The van der Waals surface area contributed by atoms with Crippen molar-refractivity contribution < 1.29 is 9.47 Å². The third kappa shape index (κ3) is 2.00. The Morgan fingerprint density at radius 1 is 1.06 bits per heavy atom. The van der Waals surface area contributed by atoms with E-state index < -0.39 is 5.79 Å². The van der Waals surface area contributed by atoms with Crippen molar-refractivity contribution in [1.82, 2.24) is 0 Å². The average molecular weight is 220 g/mol. The highest BCUT2D eigenvalue weighted by molar-refractivity contribution is 5.22. The molecule has 2 rings (SSSR count). The van der Waals surface area contributed by atoms with Crippen LogP contribution in [0.4, 0.5) is 0 Å². The molecule has 88 valence electrons. The van der Waals surface area contributed by atoms with Gasteiger partial charge in [0.05, 0.1) is 0 Å². The molecule has 0 spiro atoms. The van der Waals surface area contributed by atoms with Gasteiger partial charge in [0.1, 0.15) is 0 Å². The van der Waals surface area contributed by atoms with E-state index in [1.807, 2.05) is 6.07 Å². The summed E-state index contributed by atoms with van der Waals surface area (Å²) in [4.78, 5) is 0. The maximum atomic E-state index is 5.67. The highest BCUT2D eigenvalue weighted by Gasteiger charge is 2.41. The number of hydrogen-bond donors (Lipinski definition) is 0. The SMILES string of the molecule is COC1(OC)CCCC[C@@H]1c1ccccc1. The lowest BCUT2D eigenvalue weighted by atomic mass is 9.78. The van der Waals surface area contributed by atoms with Crippen LogP contribution in [0.1, 0.15) is 37.2 Å². The van der Waals surface area contributed by atoms with Crippen LogP contribution in [0.2, 0.25) is 0 Å². The molecule has 0 saturated heterocycles. The third-order valence-electron chi connectivity index (χ3n) is 3.69. The van der Waals surface area contributed by atoms with Crippen molar-refractivity contribution in [3.05, 3.63) is 35.9 Å². The molecule has 1 aliphatic carbocycles. The fourth-order valence-electron chi connectivity index (χ4n) is 2.79. The van der Waals surface area contributed by atoms with Crippen molar-refractivity contribution >= 4 is 0 Å². The summed E-state index contributed by atoms with van der Waals surface area (Å²) in [6, 6.07) is 10.6.